The summed E-state index contributed by atoms with van der Waals surface area (Å²) < 4.78 is 20.4. The largest absolute Gasteiger partial charge is 0.512 e. The van der Waals surface area contributed by atoms with Gasteiger partial charge in [-0.05, 0) is 0 Å². The van der Waals surface area contributed by atoms with Crippen LogP contribution >= 0.6 is 0 Å². The van der Waals surface area contributed by atoms with E-state index >= 15 is 0 Å². The fourth-order valence-electron chi connectivity index (χ4n) is 0.303. The van der Waals surface area contributed by atoms with Gasteiger partial charge in [-0.1, -0.05) is 6.58 Å². The summed E-state index contributed by atoms with van der Waals surface area (Å²) in [6.45, 7) is 3.02. The SMILES string of the molecule is C=C(O)CS(C)(=O)=O. The Morgan fingerprint density at radius 3 is 2.12 bits per heavy atom. The minimum atomic E-state index is -3.07. The zero-order valence-corrected chi connectivity index (χ0v) is 5.40. The molecule has 0 bridgehead atoms. The Morgan fingerprint density at radius 2 is 2.12 bits per heavy atom. The monoisotopic (exact) mass is 136 g/mol. The van der Waals surface area contributed by atoms with Gasteiger partial charge in [-0.25, -0.2) is 8.42 Å². The normalized spacial score (nSPS) is 11.1. The molecule has 0 saturated heterocycles. The highest BCUT2D eigenvalue weighted by Gasteiger charge is 2.01. The van der Waals surface area contributed by atoms with E-state index in [4.69, 9.17) is 5.11 Å². The van der Waals surface area contributed by atoms with Gasteiger partial charge < -0.3 is 5.11 Å². The summed E-state index contributed by atoms with van der Waals surface area (Å²) in [5.41, 5.74) is 0. The predicted molar refractivity (Wildman–Crippen MR) is 31.5 cm³/mol. The van der Waals surface area contributed by atoms with E-state index in [2.05, 4.69) is 6.58 Å². The number of aliphatic hydroxyl groups excluding tert-OH is 1. The molecule has 0 aliphatic heterocycles. The lowest BCUT2D eigenvalue weighted by molar-refractivity contribution is 0.417. The lowest BCUT2D eigenvalue weighted by Gasteiger charge is -1.91. The molecular formula is C4H8O3S. The average molecular weight is 136 g/mol. The Morgan fingerprint density at radius 1 is 1.75 bits per heavy atom. The summed E-state index contributed by atoms with van der Waals surface area (Å²) in [6.07, 6.45) is 1.04. The molecule has 0 aliphatic rings. The summed E-state index contributed by atoms with van der Waals surface area (Å²) >= 11 is 0. The lowest BCUT2D eigenvalue weighted by Crippen LogP contribution is -2.03. The van der Waals surface area contributed by atoms with E-state index in [1.807, 2.05) is 0 Å². The van der Waals surface area contributed by atoms with Gasteiger partial charge in [0.25, 0.3) is 0 Å². The van der Waals surface area contributed by atoms with Gasteiger partial charge in [0.15, 0.2) is 9.84 Å². The summed E-state index contributed by atoms with van der Waals surface area (Å²) in [6, 6.07) is 0. The second-order valence-corrected chi connectivity index (χ2v) is 3.78. The quantitative estimate of drug-likeness (QED) is 0.548. The van der Waals surface area contributed by atoms with Gasteiger partial charge in [0, 0.05) is 6.26 Å². The van der Waals surface area contributed by atoms with Crippen molar-refractivity contribution in [3.63, 3.8) is 0 Å². The first-order chi connectivity index (χ1) is 3.42. The van der Waals surface area contributed by atoms with E-state index in [-0.39, 0.29) is 11.5 Å². The molecule has 0 spiro atoms. The van der Waals surface area contributed by atoms with Crippen LogP contribution in [0.25, 0.3) is 0 Å². The molecule has 0 aliphatic carbocycles. The minimum Gasteiger partial charge on any atom is -0.512 e. The van der Waals surface area contributed by atoms with Gasteiger partial charge in [-0.15, -0.1) is 0 Å². The summed E-state index contributed by atoms with van der Waals surface area (Å²) in [4.78, 5) is 0. The standard InChI is InChI=1S/C4H8O3S/c1-4(5)3-8(2,6)7/h5H,1,3H2,2H3. The molecule has 0 fully saturated rings. The molecule has 1 N–H and O–H groups in total. The molecule has 0 rings (SSSR count). The maximum atomic E-state index is 10.2. The van der Waals surface area contributed by atoms with E-state index in [0.29, 0.717) is 0 Å². The van der Waals surface area contributed by atoms with Gasteiger partial charge >= 0.3 is 0 Å². The van der Waals surface area contributed by atoms with Crippen molar-refractivity contribution in [3.8, 4) is 0 Å². The molecule has 4 heteroatoms. The van der Waals surface area contributed by atoms with Crippen molar-refractivity contribution in [2.24, 2.45) is 0 Å². The molecule has 48 valence electrons. The van der Waals surface area contributed by atoms with Crippen LogP contribution in [-0.2, 0) is 9.84 Å². The molecule has 0 aromatic heterocycles. The number of hydrogen-bond donors (Lipinski definition) is 1. The van der Waals surface area contributed by atoms with E-state index in [1.165, 1.54) is 0 Å². The Balaban J connectivity index is 3.95. The molecule has 0 aromatic rings. The molecule has 0 atom stereocenters. The Kier molecular flexibility index (Phi) is 2.03. The van der Waals surface area contributed by atoms with Crippen molar-refractivity contribution in [3.05, 3.63) is 12.3 Å². The third-order valence-electron chi connectivity index (χ3n) is 0.429. The van der Waals surface area contributed by atoms with Crippen molar-refractivity contribution in [1.82, 2.24) is 0 Å². The van der Waals surface area contributed by atoms with Gasteiger partial charge in [-0.2, -0.15) is 0 Å². The number of rotatable bonds is 2. The first-order valence-corrected chi connectivity index (χ1v) is 4.02. The third-order valence-corrected chi connectivity index (χ3v) is 1.29. The Labute approximate surface area is 48.6 Å². The van der Waals surface area contributed by atoms with Crippen LogP contribution in [0.1, 0.15) is 0 Å². The molecule has 0 radical (unpaired) electrons. The molecule has 0 unspecified atom stereocenters. The summed E-state index contributed by atoms with van der Waals surface area (Å²) in [5, 5.41) is 8.31. The van der Waals surface area contributed by atoms with Crippen LogP contribution in [0.5, 0.6) is 0 Å². The van der Waals surface area contributed by atoms with Crippen LogP contribution in [0.3, 0.4) is 0 Å². The van der Waals surface area contributed by atoms with Crippen molar-refractivity contribution >= 4 is 9.84 Å². The topological polar surface area (TPSA) is 54.4 Å². The van der Waals surface area contributed by atoms with Gasteiger partial charge in [-0.3, -0.25) is 0 Å². The molecular weight excluding hydrogens is 128 g/mol. The summed E-state index contributed by atoms with van der Waals surface area (Å²) in [5.74, 6) is -0.653. The van der Waals surface area contributed by atoms with E-state index in [0.717, 1.165) is 6.26 Å². The highest BCUT2D eigenvalue weighted by molar-refractivity contribution is 7.90. The fourth-order valence-corrected chi connectivity index (χ4v) is 0.908. The molecule has 3 nitrogen and oxygen atoms in total. The molecule has 0 heterocycles. The zero-order valence-electron chi connectivity index (χ0n) is 4.59. The second kappa shape index (κ2) is 2.17. The molecule has 0 amide bonds. The van der Waals surface area contributed by atoms with Crippen LogP contribution in [0.15, 0.2) is 12.3 Å². The van der Waals surface area contributed by atoms with Crippen molar-refractivity contribution in [2.45, 2.75) is 0 Å². The van der Waals surface area contributed by atoms with E-state index < -0.39 is 9.84 Å². The zero-order chi connectivity index (χ0) is 6.78. The number of sulfone groups is 1. The second-order valence-electron chi connectivity index (χ2n) is 1.64. The van der Waals surface area contributed by atoms with Gasteiger partial charge in [0.05, 0.1) is 0 Å². The van der Waals surface area contributed by atoms with E-state index in [9.17, 15) is 8.42 Å². The minimum absolute atomic E-state index is 0.312. The number of hydrogen-bond acceptors (Lipinski definition) is 3. The maximum absolute atomic E-state index is 10.2. The van der Waals surface area contributed by atoms with Crippen LogP contribution < -0.4 is 0 Å². The van der Waals surface area contributed by atoms with Crippen LogP contribution in [-0.4, -0.2) is 25.5 Å². The lowest BCUT2D eigenvalue weighted by atomic mass is 10.7. The van der Waals surface area contributed by atoms with E-state index in [1.54, 1.807) is 0 Å². The third kappa shape index (κ3) is 5.49. The van der Waals surface area contributed by atoms with Crippen LogP contribution in [0, 0.1) is 0 Å². The number of aliphatic hydroxyl groups is 1. The first-order valence-electron chi connectivity index (χ1n) is 1.96. The highest BCUT2D eigenvalue weighted by Crippen LogP contribution is 1.88. The smallest absolute Gasteiger partial charge is 0.154 e. The maximum Gasteiger partial charge on any atom is 0.154 e. The predicted octanol–water partition coefficient (Wildman–Crippen LogP) is 0.103. The van der Waals surface area contributed by atoms with Gasteiger partial charge in [0.2, 0.25) is 0 Å². The van der Waals surface area contributed by atoms with Crippen molar-refractivity contribution in [1.29, 1.82) is 0 Å². The van der Waals surface area contributed by atoms with Gasteiger partial charge in [0.1, 0.15) is 11.5 Å². The van der Waals surface area contributed by atoms with Crippen LogP contribution in [0.4, 0.5) is 0 Å². The molecule has 8 heavy (non-hydrogen) atoms. The summed E-state index contributed by atoms with van der Waals surface area (Å²) in [7, 11) is -3.07. The van der Waals surface area contributed by atoms with Crippen molar-refractivity contribution < 1.29 is 13.5 Å². The molecule has 0 aromatic carbocycles. The Hall–Kier alpha value is -0.510. The van der Waals surface area contributed by atoms with Crippen molar-refractivity contribution in [2.75, 3.05) is 12.0 Å². The molecule has 0 saturated carbocycles. The average Bonchev–Trinajstić information content (AvgIpc) is 1.21. The Bertz CT molecular complexity index is 177. The van der Waals surface area contributed by atoms with Crippen LogP contribution in [0.2, 0.25) is 0 Å². The first kappa shape index (κ1) is 7.49. The highest BCUT2D eigenvalue weighted by atomic mass is 32.2. The fraction of sp³-hybridized carbons (Fsp3) is 0.500.